The van der Waals surface area contributed by atoms with Gasteiger partial charge in [0.05, 0.1) is 19.2 Å². The number of hydrogen-bond donors (Lipinski definition) is 0. The normalized spacial score (nSPS) is 12.1. The van der Waals surface area contributed by atoms with E-state index < -0.39 is 0 Å². The van der Waals surface area contributed by atoms with Crippen molar-refractivity contribution in [2.24, 2.45) is 0 Å². The Labute approximate surface area is 107 Å². The molecular formula is C13H17ClO3. The van der Waals surface area contributed by atoms with E-state index in [9.17, 15) is 4.79 Å². The second-order valence-corrected chi connectivity index (χ2v) is 4.34. The zero-order valence-electron chi connectivity index (χ0n) is 10.5. The summed E-state index contributed by atoms with van der Waals surface area (Å²) in [5, 5.41) is 0.527. The molecule has 0 radical (unpaired) electrons. The van der Waals surface area contributed by atoms with Crippen LogP contribution in [0.5, 0.6) is 11.5 Å². The summed E-state index contributed by atoms with van der Waals surface area (Å²) >= 11 is 6.31. The molecule has 94 valence electrons. The molecule has 0 aliphatic carbocycles. The average molecular weight is 257 g/mol. The molecule has 0 aliphatic rings. The van der Waals surface area contributed by atoms with E-state index in [4.69, 9.17) is 21.1 Å². The van der Waals surface area contributed by atoms with Gasteiger partial charge in [0, 0.05) is 12.0 Å². The van der Waals surface area contributed by atoms with Gasteiger partial charge >= 0.3 is 0 Å². The zero-order chi connectivity index (χ0) is 13.0. The summed E-state index contributed by atoms with van der Waals surface area (Å²) in [6.45, 7) is 3.84. The van der Waals surface area contributed by atoms with Crippen LogP contribution in [0, 0.1) is 6.92 Å². The van der Waals surface area contributed by atoms with Crippen molar-refractivity contribution in [3.05, 3.63) is 22.2 Å². The summed E-state index contributed by atoms with van der Waals surface area (Å²) in [5.41, 5.74) is 1.74. The van der Waals surface area contributed by atoms with E-state index in [2.05, 4.69) is 0 Å². The van der Waals surface area contributed by atoms with Gasteiger partial charge in [-0.15, -0.1) is 0 Å². The lowest BCUT2D eigenvalue weighted by molar-refractivity contribution is -0.108. The Morgan fingerprint density at radius 1 is 1.41 bits per heavy atom. The lowest BCUT2D eigenvalue weighted by Crippen LogP contribution is -2.02. The summed E-state index contributed by atoms with van der Waals surface area (Å²) in [6, 6.07) is 1.88. The zero-order valence-corrected chi connectivity index (χ0v) is 11.3. The minimum atomic E-state index is 0.00412. The molecule has 17 heavy (non-hydrogen) atoms. The number of hydrogen-bond acceptors (Lipinski definition) is 3. The lowest BCUT2D eigenvalue weighted by atomic mass is 9.95. The molecule has 4 heteroatoms. The summed E-state index contributed by atoms with van der Waals surface area (Å²) in [7, 11) is 3.17. The minimum Gasteiger partial charge on any atom is -0.496 e. The quantitative estimate of drug-likeness (QED) is 0.758. The number of carbonyl (C=O) groups is 1. The summed E-state index contributed by atoms with van der Waals surface area (Å²) in [5.74, 6) is 1.34. The van der Waals surface area contributed by atoms with E-state index >= 15 is 0 Å². The third-order valence-corrected chi connectivity index (χ3v) is 3.15. The first-order chi connectivity index (χ1) is 8.06. The van der Waals surface area contributed by atoms with Crippen LogP contribution in [0.15, 0.2) is 6.07 Å². The van der Waals surface area contributed by atoms with E-state index in [0.717, 1.165) is 17.4 Å². The van der Waals surface area contributed by atoms with Crippen LogP contribution in [0.2, 0.25) is 5.02 Å². The minimum absolute atomic E-state index is 0.00412. The molecule has 0 saturated carbocycles. The van der Waals surface area contributed by atoms with Gasteiger partial charge in [-0.25, -0.2) is 0 Å². The van der Waals surface area contributed by atoms with Crippen LogP contribution in [-0.4, -0.2) is 20.5 Å². The molecule has 0 aromatic heterocycles. The predicted molar refractivity (Wildman–Crippen MR) is 68.4 cm³/mol. The van der Waals surface area contributed by atoms with Gasteiger partial charge in [-0.2, -0.15) is 0 Å². The molecule has 0 heterocycles. The highest BCUT2D eigenvalue weighted by Gasteiger charge is 2.20. The number of methoxy groups -OCH3 is 2. The summed E-state index contributed by atoms with van der Waals surface area (Å²) in [4.78, 5) is 10.6. The maximum atomic E-state index is 10.6. The number of rotatable bonds is 5. The van der Waals surface area contributed by atoms with Gasteiger partial charge in [0.2, 0.25) is 0 Å². The molecule has 0 amide bonds. The van der Waals surface area contributed by atoms with Crippen LogP contribution in [0.4, 0.5) is 0 Å². The second kappa shape index (κ2) is 5.92. The van der Waals surface area contributed by atoms with E-state index in [1.807, 2.05) is 19.9 Å². The first-order valence-electron chi connectivity index (χ1n) is 5.41. The van der Waals surface area contributed by atoms with Crippen LogP contribution in [0.3, 0.4) is 0 Å². The van der Waals surface area contributed by atoms with Crippen molar-refractivity contribution in [3.8, 4) is 11.5 Å². The van der Waals surface area contributed by atoms with Crippen LogP contribution < -0.4 is 9.47 Å². The molecule has 0 bridgehead atoms. The Bertz CT molecular complexity index is 416. The molecule has 1 atom stereocenters. The highest BCUT2D eigenvalue weighted by molar-refractivity contribution is 6.33. The number of ether oxygens (including phenoxy) is 2. The van der Waals surface area contributed by atoms with Gasteiger partial charge in [-0.1, -0.05) is 18.5 Å². The smallest absolute Gasteiger partial charge is 0.140 e. The standard InChI is InChI=1S/C13H17ClO3/c1-8(5-6-15)11-10(16-3)7-9(2)13(17-4)12(11)14/h6-8H,5H2,1-4H3. The van der Waals surface area contributed by atoms with Crippen molar-refractivity contribution < 1.29 is 14.3 Å². The lowest BCUT2D eigenvalue weighted by Gasteiger charge is -2.19. The van der Waals surface area contributed by atoms with Gasteiger partial charge in [0.25, 0.3) is 0 Å². The van der Waals surface area contributed by atoms with Crippen LogP contribution in [-0.2, 0) is 4.79 Å². The Balaban J connectivity index is 3.39. The Morgan fingerprint density at radius 3 is 2.53 bits per heavy atom. The molecular weight excluding hydrogens is 240 g/mol. The molecule has 1 unspecified atom stereocenters. The SMILES string of the molecule is COc1cc(C)c(OC)c(Cl)c1C(C)CC=O. The van der Waals surface area contributed by atoms with Gasteiger partial charge in [0.15, 0.2) is 0 Å². The van der Waals surface area contributed by atoms with Crippen LogP contribution in [0.25, 0.3) is 0 Å². The molecule has 0 spiro atoms. The van der Waals surface area contributed by atoms with Crippen molar-refractivity contribution in [3.63, 3.8) is 0 Å². The monoisotopic (exact) mass is 256 g/mol. The highest BCUT2D eigenvalue weighted by Crippen LogP contribution is 2.42. The first kappa shape index (κ1) is 13.8. The molecule has 1 rings (SSSR count). The van der Waals surface area contributed by atoms with E-state index in [-0.39, 0.29) is 5.92 Å². The Morgan fingerprint density at radius 2 is 2.06 bits per heavy atom. The molecule has 0 fully saturated rings. The number of halogens is 1. The van der Waals surface area contributed by atoms with Crippen LogP contribution >= 0.6 is 11.6 Å². The van der Waals surface area contributed by atoms with Crippen LogP contribution in [0.1, 0.15) is 30.4 Å². The summed E-state index contributed by atoms with van der Waals surface area (Å²) in [6.07, 6.45) is 1.29. The Kier molecular flexibility index (Phi) is 4.82. The number of carbonyl (C=O) groups excluding carboxylic acids is 1. The third kappa shape index (κ3) is 2.72. The highest BCUT2D eigenvalue weighted by atomic mass is 35.5. The van der Waals surface area contributed by atoms with Crippen molar-refractivity contribution in [2.75, 3.05) is 14.2 Å². The fraction of sp³-hybridized carbons (Fsp3) is 0.462. The number of aldehydes is 1. The van der Waals surface area contributed by atoms with E-state index in [1.54, 1.807) is 14.2 Å². The van der Waals surface area contributed by atoms with Crippen molar-refractivity contribution in [1.82, 2.24) is 0 Å². The average Bonchev–Trinajstić information content (AvgIpc) is 2.28. The molecule has 0 N–H and O–H groups in total. The van der Waals surface area contributed by atoms with E-state index in [1.165, 1.54) is 0 Å². The second-order valence-electron chi connectivity index (χ2n) is 3.96. The predicted octanol–water partition coefficient (Wildman–Crippen LogP) is 3.36. The van der Waals surface area contributed by atoms with E-state index in [0.29, 0.717) is 22.9 Å². The van der Waals surface area contributed by atoms with Gasteiger partial charge in [-0.3, -0.25) is 0 Å². The van der Waals surface area contributed by atoms with Crippen molar-refractivity contribution in [1.29, 1.82) is 0 Å². The maximum Gasteiger partial charge on any atom is 0.140 e. The maximum absolute atomic E-state index is 10.6. The molecule has 1 aromatic carbocycles. The molecule has 1 aromatic rings. The fourth-order valence-corrected chi connectivity index (χ4v) is 2.39. The Hall–Kier alpha value is -1.22. The molecule has 3 nitrogen and oxygen atoms in total. The third-order valence-electron chi connectivity index (χ3n) is 2.77. The summed E-state index contributed by atoms with van der Waals surface area (Å²) < 4.78 is 10.6. The largest absolute Gasteiger partial charge is 0.496 e. The first-order valence-corrected chi connectivity index (χ1v) is 5.79. The molecule has 0 saturated heterocycles. The van der Waals surface area contributed by atoms with Gasteiger partial charge in [0.1, 0.15) is 17.8 Å². The topological polar surface area (TPSA) is 35.5 Å². The fourth-order valence-electron chi connectivity index (χ4n) is 1.88. The number of aryl methyl sites for hydroxylation is 1. The van der Waals surface area contributed by atoms with Gasteiger partial charge < -0.3 is 14.3 Å². The molecule has 0 aliphatic heterocycles. The van der Waals surface area contributed by atoms with Gasteiger partial charge in [-0.05, 0) is 24.5 Å². The van der Waals surface area contributed by atoms with Crippen molar-refractivity contribution in [2.45, 2.75) is 26.2 Å². The van der Waals surface area contributed by atoms with Crippen molar-refractivity contribution >= 4 is 17.9 Å². The number of benzene rings is 1.